The van der Waals surface area contributed by atoms with E-state index in [0.717, 1.165) is 57.8 Å². The lowest BCUT2D eigenvalue weighted by molar-refractivity contribution is 0.0740. The van der Waals surface area contributed by atoms with Crippen LogP contribution in [0, 0.1) is 18.8 Å². The van der Waals surface area contributed by atoms with Gasteiger partial charge in [0.05, 0.1) is 23.9 Å². The SMILES string of the molecule is COc1cc(Nc2nc(Nc3cccc(C(C)(C)O)n3)c3c(C)csc3n2)ccc1N1CCC(C2CCC2)CC1. The lowest BCUT2D eigenvalue weighted by Crippen LogP contribution is -2.37. The zero-order valence-electron chi connectivity index (χ0n) is 23.7. The third kappa shape index (κ3) is 5.45. The van der Waals surface area contributed by atoms with Crippen LogP contribution in [0.2, 0.25) is 0 Å². The molecule has 0 atom stereocenters. The van der Waals surface area contributed by atoms with Crippen molar-refractivity contribution in [1.29, 1.82) is 0 Å². The first-order valence-corrected chi connectivity index (χ1v) is 15.1. The zero-order valence-corrected chi connectivity index (χ0v) is 24.5. The van der Waals surface area contributed by atoms with E-state index in [0.29, 0.717) is 23.3 Å². The van der Waals surface area contributed by atoms with Gasteiger partial charge in [-0.1, -0.05) is 25.3 Å². The minimum atomic E-state index is -1.04. The fourth-order valence-corrected chi connectivity index (χ4v) is 6.79. The van der Waals surface area contributed by atoms with E-state index in [9.17, 15) is 5.11 Å². The van der Waals surface area contributed by atoms with Crippen LogP contribution in [-0.4, -0.2) is 40.3 Å². The first-order chi connectivity index (χ1) is 19.3. The molecule has 1 saturated heterocycles. The maximum atomic E-state index is 10.4. The van der Waals surface area contributed by atoms with Crippen LogP contribution in [0.1, 0.15) is 57.2 Å². The van der Waals surface area contributed by atoms with Gasteiger partial charge in [0.2, 0.25) is 5.95 Å². The zero-order chi connectivity index (χ0) is 27.9. The fraction of sp³-hybridized carbons (Fsp3) is 0.452. The Bertz CT molecular complexity index is 1500. The van der Waals surface area contributed by atoms with E-state index in [2.05, 4.69) is 45.0 Å². The number of methoxy groups -OCH3 is 1. The van der Waals surface area contributed by atoms with Crippen molar-refractivity contribution in [3.05, 3.63) is 53.0 Å². The van der Waals surface area contributed by atoms with Gasteiger partial charge in [-0.25, -0.2) is 9.97 Å². The lowest BCUT2D eigenvalue weighted by atomic mass is 9.72. The summed E-state index contributed by atoms with van der Waals surface area (Å²) >= 11 is 1.58. The number of piperidine rings is 1. The van der Waals surface area contributed by atoms with Crippen molar-refractivity contribution in [3.63, 3.8) is 0 Å². The summed E-state index contributed by atoms with van der Waals surface area (Å²) in [6, 6.07) is 11.8. The highest BCUT2D eigenvalue weighted by molar-refractivity contribution is 7.17. The van der Waals surface area contributed by atoms with Gasteiger partial charge in [-0.05, 0) is 80.7 Å². The molecule has 1 aliphatic carbocycles. The molecule has 2 aliphatic rings. The van der Waals surface area contributed by atoms with Crippen molar-refractivity contribution in [1.82, 2.24) is 15.0 Å². The number of aryl methyl sites for hydroxylation is 1. The van der Waals surface area contributed by atoms with E-state index in [1.54, 1.807) is 32.3 Å². The highest BCUT2D eigenvalue weighted by Crippen LogP contribution is 2.41. The fourth-order valence-electron chi connectivity index (χ4n) is 5.87. The van der Waals surface area contributed by atoms with Crippen molar-refractivity contribution in [2.75, 3.05) is 35.7 Å². The molecule has 0 radical (unpaired) electrons. The maximum absolute atomic E-state index is 10.4. The number of hydrogen-bond acceptors (Lipinski definition) is 9. The van der Waals surface area contributed by atoms with E-state index >= 15 is 0 Å². The molecule has 2 fully saturated rings. The van der Waals surface area contributed by atoms with E-state index in [4.69, 9.17) is 14.7 Å². The largest absolute Gasteiger partial charge is 0.495 e. The van der Waals surface area contributed by atoms with Crippen LogP contribution >= 0.6 is 11.3 Å². The Morgan fingerprint density at radius 3 is 2.48 bits per heavy atom. The van der Waals surface area contributed by atoms with Crippen LogP contribution in [0.5, 0.6) is 5.75 Å². The second-order valence-corrected chi connectivity index (χ2v) is 12.5. The minimum Gasteiger partial charge on any atom is -0.495 e. The summed E-state index contributed by atoms with van der Waals surface area (Å²) < 4.78 is 5.84. The van der Waals surface area contributed by atoms with Gasteiger partial charge in [-0.2, -0.15) is 4.98 Å². The molecule has 1 saturated carbocycles. The molecule has 3 N–H and O–H groups in total. The van der Waals surface area contributed by atoms with Gasteiger partial charge in [0.1, 0.15) is 27.8 Å². The Hall–Kier alpha value is -3.43. The summed E-state index contributed by atoms with van der Waals surface area (Å²) in [6.07, 6.45) is 6.80. The molecule has 0 amide bonds. The van der Waals surface area contributed by atoms with Gasteiger partial charge >= 0.3 is 0 Å². The number of pyridine rings is 1. The Morgan fingerprint density at radius 2 is 1.77 bits per heavy atom. The number of aliphatic hydroxyl groups is 1. The average molecular weight is 559 g/mol. The van der Waals surface area contributed by atoms with E-state index in [-0.39, 0.29) is 0 Å². The van der Waals surface area contributed by atoms with Crippen molar-refractivity contribution >= 4 is 50.5 Å². The number of ether oxygens (including phenoxy) is 1. The molecule has 6 rings (SSSR count). The molecule has 0 unspecified atom stereocenters. The first-order valence-electron chi connectivity index (χ1n) is 14.2. The van der Waals surface area contributed by atoms with Crippen molar-refractivity contribution in [3.8, 4) is 5.75 Å². The van der Waals surface area contributed by atoms with Gasteiger partial charge in [0.15, 0.2) is 0 Å². The summed E-state index contributed by atoms with van der Waals surface area (Å²) in [5, 5.41) is 20.2. The standard InChI is InChI=1S/C31H38N6O2S/c1-19-18-40-29-27(19)28(34-26-10-6-9-25(33-26)31(2,3)38)35-30(36-29)32-22-11-12-23(24(17-22)39-4)37-15-13-21(14-16-37)20-7-5-8-20/h6,9-12,17-18,20-21,38H,5,7-8,13-16H2,1-4H3,(H2,32,33,34,35,36). The Labute approximate surface area is 239 Å². The first kappa shape index (κ1) is 26.8. The van der Waals surface area contributed by atoms with E-state index in [1.807, 2.05) is 24.3 Å². The van der Waals surface area contributed by atoms with Gasteiger partial charge in [-0.15, -0.1) is 11.3 Å². The van der Waals surface area contributed by atoms with Gasteiger partial charge in [0.25, 0.3) is 0 Å². The van der Waals surface area contributed by atoms with Gasteiger partial charge in [-0.3, -0.25) is 0 Å². The highest BCUT2D eigenvalue weighted by atomic mass is 32.1. The molecule has 1 aliphatic heterocycles. The second kappa shape index (κ2) is 10.9. The summed E-state index contributed by atoms with van der Waals surface area (Å²) in [4.78, 5) is 17.6. The molecule has 8 nitrogen and oxygen atoms in total. The number of nitrogens with one attached hydrogen (secondary N) is 2. The van der Waals surface area contributed by atoms with Crippen LogP contribution in [-0.2, 0) is 5.60 Å². The van der Waals surface area contributed by atoms with Crippen molar-refractivity contribution < 1.29 is 9.84 Å². The summed E-state index contributed by atoms with van der Waals surface area (Å²) in [5.41, 5.74) is 2.65. The van der Waals surface area contributed by atoms with Crippen LogP contribution in [0.4, 0.5) is 29.0 Å². The Balaban J connectivity index is 1.24. The monoisotopic (exact) mass is 558 g/mol. The predicted molar refractivity (Wildman–Crippen MR) is 163 cm³/mol. The number of fused-ring (bicyclic) bond motifs is 1. The third-order valence-corrected chi connectivity index (χ3v) is 9.36. The number of benzene rings is 1. The quantitative estimate of drug-likeness (QED) is 0.210. The maximum Gasteiger partial charge on any atom is 0.230 e. The number of anilines is 5. The topological polar surface area (TPSA) is 95.4 Å². The highest BCUT2D eigenvalue weighted by Gasteiger charge is 2.31. The minimum absolute atomic E-state index is 0.492. The summed E-state index contributed by atoms with van der Waals surface area (Å²) in [7, 11) is 1.73. The number of thiophene rings is 1. The normalized spacial score (nSPS) is 16.7. The number of aromatic nitrogens is 3. The van der Waals surface area contributed by atoms with Crippen LogP contribution in [0.25, 0.3) is 10.2 Å². The Kier molecular flexibility index (Phi) is 7.27. The van der Waals surface area contributed by atoms with Crippen LogP contribution in [0.15, 0.2) is 41.8 Å². The smallest absolute Gasteiger partial charge is 0.230 e. The molecule has 4 heterocycles. The summed E-state index contributed by atoms with van der Waals surface area (Å²) in [5.74, 6) is 4.48. The molecule has 1 aromatic carbocycles. The van der Waals surface area contributed by atoms with Crippen LogP contribution in [0.3, 0.4) is 0 Å². The van der Waals surface area contributed by atoms with Crippen molar-refractivity contribution in [2.24, 2.45) is 11.8 Å². The molecule has 9 heteroatoms. The molecule has 4 aromatic rings. The molecule has 210 valence electrons. The molecular formula is C31H38N6O2S. The number of rotatable bonds is 8. The number of hydrogen-bond donors (Lipinski definition) is 3. The van der Waals surface area contributed by atoms with Gasteiger partial charge < -0.3 is 25.4 Å². The molecule has 0 spiro atoms. The van der Waals surface area contributed by atoms with Crippen LogP contribution < -0.4 is 20.3 Å². The van der Waals surface area contributed by atoms with E-state index < -0.39 is 5.60 Å². The predicted octanol–water partition coefficient (Wildman–Crippen LogP) is 7.13. The average Bonchev–Trinajstić information content (AvgIpc) is 3.28. The molecule has 0 bridgehead atoms. The third-order valence-electron chi connectivity index (χ3n) is 8.37. The summed E-state index contributed by atoms with van der Waals surface area (Å²) in [6.45, 7) is 7.67. The molecular weight excluding hydrogens is 520 g/mol. The second-order valence-electron chi connectivity index (χ2n) is 11.6. The molecule has 3 aromatic heterocycles. The van der Waals surface area contributed by atoms with Crippen molar-refractivity contribution in [2.45, 2.75) is 58.5 Å². The Morgan fingerprint density at radius 1 is 1.00 bits per heavy atom. The van der Waals surface area contributed by atoms with E-state index in [1.165, 1.54) is 32.1 Å². The lowest BCUT2D eigenvalue weighted by Gasteiger charge is -2.41. The number of nitrogens with zero attached hydrogens (tertiary/aromatic N) is 4. The molecule has 40 heavy (non-hydrogen) atoms. The van der Waals surface area contributed by atoms with Gasteiger partial charge in [0, 0.05) is 24.8 Å².